The van der Waals surface area contributed by atoms with Gasteiger partial charge in [0.05, 0.1) is 0 Å². The Morgan fingerprint density at radius 2 is 1.90 bits per heavy atom. The van der Waals surface area contributed by atoms with Gasteiger partial charge < -0.3 is 5.32 Å². The smallest absolute Gasteiger partial charge is 0.0233 e. The molecule has 1 unspecified atom stereocenters. The standard InChI is InChI=1S/C19H32N2/c1-5-10-20-17(4)19-8-11-21(12-9-19)14-18-7-6-15(2)16(3)13-18/h6-7,13,17,19-20H,5,8-12,14H2,1-4H3. The van der Waals surface area contributed by atoms with Crippen molar-refractivity contribution < 1.29 is 0 Å². The molecule has 0 spiro atoms. The van der Waals surface area contributed by atoms with E-state index in [0.717, 1.165) is 19.0 Å². The highest BCUT2D eigenvalue weighted by atomic mass is 15.1. The van der Waals surface area contributed by atoms with Crippen molar-refractivity contribution in [2.24, 2.45) is 5.92 Å². The predicted octanol–water partition coefficient (Wildman–Crippen LogP) is 3.90. The third kappa shape index (κ3) is 4.82. The Bertz CT molecular complexity index is 433. The molecule has 0 radical (unpaired) electrons. The summed E-state index contributed by atoms with van der Waals surface area (Å²) in [6.07, 6.45) is 3.90. The molecular weight excluding hydrogens is 256 g/mol. The fraction of sp³-hybridized carbons (Fsp3) is 0.684. The van der Waals surface area contributed by atoms with Crippen molar-refractivity contribution in [2.75, 3.05) is 19.6 Å². The molecule has 1 aliphatic heterocycles. The van der Waals surface area contributed by atoms with E-state index in [1.165, 1.54) is 49.0 Å². The molecular formula is C19H32N2. The summed E-state index contributed by atoms with van der Waals surface area (Å²) in [5.41, 5.74) is 4.28. The van der Waals surface area contributed by atoms with Crippen LogP contribution in [0.3, 0.4) is 0 Å². The normalized spacial score (nSPS) is 18.9. The van der Waals surface area contributed by atoms with Gasteiger partial charge in [-0.05, 0) is 82.3 Å². The maximum atomic E-state index is 3.66. The lowest BCUT2D eigenvalue weighted by Gasteiger charge is -2.35. The van der Waals surface area contributed by atoms with E-state index in [4.69, 9.17) is 0 Å². The number of hydrogen-bond acceptors (Lipinski definition) is 2. The fourth-order valence-electron chi connectivity index (χ4n) is 3.31. The van der Waals surface area contributed by atoms with Crippen LogP contribution in [0, 0.1) is 19.8 Å². The highest BCUT2D eigenvalue weighted by molar-refractivity contribution is 5.29. The van der Waals surface area contributed by atoms with E-state index in [1.807, 2.05) is 0 Å². The Morgan fingerprint density at radius 3 is 2.52 bits per heavy atom. The van der Waals surface area contributed by atoms with Gasteiger partial charge in [-0.25, -0.2) is 0 Å². The van der Waals surface area contributed by atoms with E-state index in [-0.39, 0.29) is 0 Å². The van der Waals surface area contributed by atoms with Crippen molar-refractivity contribution in [1.82, 2.24) is 10.2 Å². The van der Waals surface area contributed by atoms with Crippen LogP contribution in [0.4, 0.5) is 0 Å². The first-order valence-corrected chi connectivity index (χ1v) is 8.62. The monoisotopic (exact) mass is 288 g/mol. The number of likely N-dealkylation sites (tertiary alicyclic amines) is 1. The van der Waals surface area contributed by atoms with Crippen molar-refractivity contribution in [2.45, 2.75) is 59.5 Å². The van der Waals surface area contributed by atoms with E-state index in [1.54, 1.807) is 0 Å². The zero-order chi connectivity index (χ0) is 15.2. The van der Waals surface area contributed by atoms with Crippen LogP contribution in [0.25, 0.3) is 0 Å². The lowest BCUT2D eigenvalue weighted by atomic mass is 9.90. The third-order valence-corrected chi connectivity index (χ3v) is 5.03. The third-order valence-electron chi connectivity index (χ3n) is 5.03. The van der Waals surface area contributed by atoms with Crippen LogP contribution >= 0.6 is 0 Å². The number of aryl methyl sites for hydroxylation is 2. The summed E-state index contributed by atoms with van der Waals surface area (Å²) in [5, 5.41) is 3.66. The molecule has 1 aromatic carbocycles. The second-order valence-corrected chi connectivity index (χ2v) is 6.77. The summed E-state index contributed by atoms with van der Waals surface area (Å²) in [4.78, 5) is 2.62. The number of rotatable bonds is 6. The first-order chi connectivity index (χ1) is 10.1. The summed E-state index contributed by atoms with van der Waals surface area (Å²) in [7, 11) is 0. The maximum Gasteiger partial charge on any atom is 0.0233 e. The van der Waals surface area contributed by atoms with Gasteiger partial charge in [-0.2, -0.15) is 0 Å². The molecule has 1 heterocycles. The highest BCUT2D eigenvalue weighted by Gasteiger charge is 2.23. The van der Waals surface area contributed by atoms with Crippen molar-refractivity contribution in [3.05, 3.63) is 34.9 Å². The molecule has 1 aliphatic rings. The van der Waals surface area contributed by atoms with E-state index in [0.29, 0.717) is 6.04 Å². The summed E-state index contributed by atoms with van der Waals surface area (Å²) in [6.45, 7) is 13.8. The van der Waals surface area contributed by atoms with E-state index < -0.39 is 0 Å². The molecule has 2 nitrogen and oxygen atoms in total. The average molecular weight is 288 g/mol. The molecule has 1 aromatic rings. The first-order valence-electron chi connectivity index (χ1n) is 8.62. The minimum atomic E-state index is 0.675. The molecule has 0 amide bonds. The highest BCUT2D eigenvalue weighted by Crippen LogP contribution is 2.22. The summed E-state index contributed by atoms with van der Waals surface area (Å²) in [6, 6.07) is 7.58. The molecule has 1 fully saturated rings. The molecule has 0 aromatic heterocycles. The van der Waals surface area contributed by atoms with Crippen LogP contribution < -0.4 is 5.32 Å². The van der Waals surface area contributed by atoms with Gasteiger partial charge in [0.25, 0.3) is 0 Å². The van der Waals surface area contributed by atoms with Gasteiger partial charge in [0, 0.05) is 12.6 Å². The van der Waals surface area contributed by atoms with Crippen molar-refractivity contribution >= 4 is 0 Å². The minimum absolute atomic E-state index is 0.675. The lowest BCUT2D eigenvalue weighted by molar-refractivity contribution is 0.156. The molecule has 0 aliphatic carbocycles. The van der Waals surface area contributed by atoms with Gasteiger partial charge >= 0.3 is 0 Å². The molecule has 1 atom stereocenters. The molecule has 0 bridgehead atoms. The SMILES string of the molecule is CCCNC(C)C1CCN(Cc2ccc(C)c(C)c2)CC1. The second-order valence-electron chi connectivity index (χ2n) is 6.77. The Hall–Kier alpha value is -0.860. The minimum Gasteiger partial charge on any atom is -0.314 e. The number of nitrogens with one attached hydrogen (secondary N) is 1. The van der Waals surface area contributed by atoms with Crippen LogP contribution in [-0.4, -0.2) is 30.6 Å². The number of benzene rings is 1. The van der Waals surface area contributed by atoms with Crippen LogP contribution in [-0.2, 0) is 6.54 Å². The average Bonchev–Trinajstić information content (AvgIpc) is 2.49. The topological polar surface area (TPSA) is 15.3 Å². The van der Waals surface area contributed by atoms with Gasteiger partial charge in [-0.15, -0.1) is 0 Å². The molecule has 2 rings (SSSR count). The van der Waals surface area contributed by atoms with Gasteiger partial charge in [0.2, 0.25) is 0 Å². The molecule has 2 heteroatoms. The largest absolute Gasteiger partial charge is 0.314 e. The number of hydrogen-bond donors (Lipinski definition) is 1. The van der Waals surface area contributed by atoms with Crippen LogP contribution in [0.2, 0.25) is 0 Å². The van der Waals surface area contributed by atoms with E-state index in [9.17, 15) is 0 Å². The van der Waals surface area contributed by atoms with E-state index in [2.05, 4.69) is 56.1 Å². The van der Waals surface area contributed by atoms with Gasteiger partial charge in [-0.3, -0.25) is 4.90 Å². The Labute approximate surface area is 130 Å². The maximum absolute atomic E-state index is 3.66. The Morgan fingerprint density at radius 1 is 1.19 bits per heavy atom. The summed E-state index contributed by atoms with van der Waals surface area (Å²) >= 11 is 0. The molecule has 1 N–H and O–H groups in total. The van der Waals surface area contributed by atoms with Crippen molar-refractivity contribution in [3.8, 4) is 0 Å². The van der Waals surface area contributed by atoms with E-state index >= 15 is 0 Å². The first kappa shape index (κ1) is 16.5. The van der Waals surface area contributed by atoms with Gasteiger partial charge in [0.1, 0.15) is 0 Å². The predicted molar refractivity (Wildman–Crippen MR) is 91.7 cm³/mol. The van der Waals surface area contributed by atoms with Crippen LogP contribution in [0.1, 0.15) is 49.8 Å². The van der Waals surface area contributed by atoms with Crippen molar-refractivity contribution in [3.63, 3.8) is 0 Å². The van der Waals surface area contributed by atoms with Gasteiger partial charge in [0.15, 0.2) is 0 Å². The van der Waals surface area contributed by atoms with Crippen LogP contribution in [0.15, 0.2) is 18.2 Å². The molecule has 118 valence electrons. The number of nitrogens with zero attached hydrogens (tertiary/aromatic N) is 1. The second kappa shape index (κ2) is 7.95. The van der Waals surface area contributed by atoms with Crippen molar-refractivity contribution in [1.29, 1.82) is 0 Å². The quantitative estimate of drug-likeness (QED) is 0.854. The lowest BCUT2D eigenvalue weighted by Crippen LogP contribution is -2.41. The molecule has 1 saturated heterocycles. The van der Waals surface area contributed by atoms with Crippen LogP contribution in [0.5, 0.6) is 0 Å². The summed E-state index contributed by atoms with van der Waals surface area (Å²) in [5.74, 6) is 0.854. The molecule has 0 saturated carbocycles. The number of piperidine rings is 1. The Kier molecular flexibility index (Phi) is 6.25. The fourth-order valence-corrected chi connectivity index (χ4v) is 3.31. The zero-order valence-corrected chi connectivity index (χ0v) is 14.3. The summed E-state index contributed by atoms with van der Waals surface area (Å²) < 4.78 is 0. The Balaban J connectivity index is 1.79. The molecule has 21 heavy (non-hydrogen) atoms. The van der Waals surface area contributed by atoms with Gasteiger partial charge in [-0.1, -0.05) is 25.1 Å². The zero-order valence-electron chi connectivity index (χ0n) is 14.3.